The van der Waals surface area contributed by atoms with Crippen molar-refractivity contribution in [2.75, 3.05) is 0 Å². The van der Waals surface area contributed by atoms with Crippen LogP contribution in [0.4, 0.5) is 0 Å². The van der Waals surface area contributed by atoms with Crippen molar-refractivity contribution >= 4 is 28.9 Å². The molecule has 16 heavy (non-hydrogen) atoms. The van der Waals surface area contributed by atoms with Crippen molar-refractivity contribution in [2.45, 2.75) is 6.92 Å². The van der Waals surface area contributed by atoms with Crippen LogP contribution in [0.25, 0.3) is 10.6 Å². The Kier molecular flexibility index (Phi) is 2.94. The van der Waals surface area contributed by atoms with E-state index in [1.165, 1.54) is 0 Å². The smallest absolute Gasteiger partial charge is 0.347 e. The molecule has 2 rings (SSSR count). The third-order valence-electron chi connectivity index (χ3n) is 2.06. The summed E-state index contributed by atoms with van der Waals surface area (Å²) in [6.07, 6.45) is 0. The van der Waals surface area contributed by atoms with E-state index in [1.807, 2.05) is 12.1 Å². The largest absolute Gasteiger partial charge is 0.477 e. The van der Waals surface area contributed by atoms with Gasteiger partial charge < -0.3 is 5.11 Å². The molecule has 0 saturated carbocycles. The molecule has 0 fully saturated rings. The number of benzene rings is 1. The molecule has 0 amide bonds. The third kappa shape index (κ3) is 2.08. The van der Waals surface area contributed by atoms with Crippen molar-refractivity contribution in [3.8, 4) is 10.6 Å². The number of aromatic nitrogens is 1. The molecule has 82 valence electrons. The van der Waals surface area contributed by atoms with Gasteiger partial charge in [0.1, 0.15) is 9.88 Å². The summed E-state index contributed by atoms with van der Waals surface area (Å²) in [7, 11) is 0. The summed E-state index contributed by atoms with van der Waals surface area (Å²) in [5, 5.41) is 10.2. The fourth-order valence-corrected chi connectivity index (χ4v) is 2.43. The highest BCUT2D eigenvalue weighted by molar-refractivity contribution is 7.17. The molecular formula is C11H8ClNO2S. The monoisotopic (exact) mass is 253 g/mol. The van der Waals surface area contributed by atoms with Gasteiger partial charge in [0, 0.05) is 10.6 Å². The number of carboxylic acid groups (broad SMARTS) is 1. The summed E-state index contributed by atoms with van der Waals surface area (Å²) in [5.74, 6) is -0.941. The average molecular weight is 254 g/mol. The van der Waals surface area contributed by atoms with Gasteiger partial charge in [-0.1, -0.05) is 23.7 Å². The highest BCUT2D eigenvalue weighted by atomic mass is 35.5. The van der Waals surface area contributed by atoms with Gasteiger partial charge in [-0.3, -0.25) is 0 Å². The molecule has 1 N–H and O–H groups in total. The Labute approximate surface area is 101 Å². The van der Waals surface area contributed by atoms with E-state index in [0.29, 0.717) is 15.7 Å². The lowest BCUT2D eigenvalue weighted by Crippen LogP contribution is -1.94. The van der Waals surface area contributed by atoms with E-state index in [1.54, 1.807) is 19.1 Å². The van der Waals surface area contributed by atoms with Gasteiger partial charge in [-0.05, 0) is 19.1 Å². The molecule has 0 saturated heterocycles. The second-order valence-electron chi connectivity index (χ2n) is 3.25. The lowest BCUT2D eigenvalue weighted by atomic mass is 10.2. The van der Waals surface area contributed by atoms with Gasteiger partial charge in [-0.2, -0.15) is 0 Å². The first kappa shape index (κ1) is 11.1. The van der Waals surface area contributed by atoms with Crippen LogP contribution in [-0.4, -0.2) is 16.1 Å². The minimum Gasteiger partial charge on any atom is -0.477 e. The molecule has 5 heteroatoms. The van der Waals surface area contributed by atoms with Crippen LogP contribution < -0.4 is 0 Å². The van der Waals surface area contributed by atoms with Gasteiger partial charge in [0.2, 0.25) is 0 Å². The fourth-order valence-electron chi connectivity index (χ4n) is 1.34. The second kappa shape index (κ2) is 4.23. The van der Waals surface area contributed by atoms with E-state index < -0.39 is 5.97 Å². The number of rotatable bonds is 2. The molecule has 2 aromatic rings. The second-order valence-corrected chi connectivity index (χ2v) is 4.68. The van der Waals surface area contributed by atoms with Crippen LogP contribution in [0, 0.1) is 6.92 Å². The van der Waals surface area contributed by atoms with Crippen molar-refractivity contribution < 1.29 is 9.90 Å². The predicted octanol–water partition coefficient (Wildman–Crippen LogP) is 3.47. The lowest BCUT2D eigenvalue weighted by Gasteiger charge is -1.95. The molecule has 1 heterocycles. The van der Waals surface area contributed by atoms with E-state index in [-0.39, 0.29) is 4.88 Å². The molecule has 0 unspecified atom stereocenters. The molecule has 0 radical (unpaired) electrons. The molecule has 3 nitrogen and oxygen atoms in total. The molecule has 0 bridgehead atoms. The van der Waals surface area contributed by atoms with Crippen molar-refractivity contribution in [3.05, 3.63) is 39.9 Å². The van der Waals surface area contributed by atoms with Crippen molar-refractivity contribution in [1.82, 2.24) is 4.98 Å². The molecule has 0 aliphatic carbocycles. The lowest BCUT2D eigenvalue weighted by molar-refractivity contribution is 0.0701. The molecule has 1 aromatic carbocycles. The van der Waals surface area contributed by atoms with E-state index >= 15 is 0 Å². The normalized spacial score (nSPS) is 10.4. The summed E-state index contributed by atoms with van der Waals surface area (Å²) in [6.45, 7) is 1.69. The number of carbonyl (C=O) groups is 1. The van der Waals surface area contributed by atoms with E-state index in [2.05, 4.69) is 4.98 Å². The SMILES string of the molecule is Cc1nc(-c2cccc(Cl)c2)sc1C(=O)O. The fraction of sp³-hybridized carbons (Fsp3) is 0.0909. The average Bonchev–Trinajstić information content (AvgIpc) is 2.60. The highest BCUT2D eigenvalue weighted by Gasteiger charge is 2.14. The topological polar surface area (TPSA) is 50.2 Å². The number of carboxylic acids is 1. The third-order valence-corrected chi connectivity index (χ3v) is 3.49. The zero-order valence-electron chi connectivity index (χ0n) is 8.40. The van der Waals surface area contributed by atoms with Crippen molar-refractivity contribution in [3.63, 3.8) is 0 Å². The van der Waals surface area contributed by atoms with Gasteiger partial charge in [0.25, 0.3) is 0 Å². The quantitative estimate of drug-likeness (QED) is 0.892. The van der Waals surface area contributed by atoms with Crippen LogP contribution in [0.5, 0.6) is 0 Å². The number of thiazole rings is 1. The Morgan fingerprint density at radius 2 is 2.25 bits per heavy atom. The van der Waals surface area contributed by atoms with Crippen LogP contribution in [0.2, 0.25) is 5.02 Å². The van der Waals surface area contributed by atoms with Crippen LogP contribution in [0.3, 0.4) is 0 Å². The Bertz CT molecular complexity index is 551. The molecule has 0 aliphatic heterocycles. The number of hydrogen-bond acceptors (Lipinski definition) is 3. The molecule has 0 atom stereocenters. The summed E-state index contributed by atoms with van der Waals surface area (Å²) in [4.78, 5) is 15.4. The molecule has 0 spiro atoms. The van der Waals surface area contributed by atoms with Crippen LogP contribution in [-0.2, 0) is 0 Å². The molecule has 1 aromatic heterocycles. The number of aromatic carboxylic acids is 1. The van der Waals surface area contributed by atoms with Crippen molar-refractivity contribution in [1.29, 1.82) is 0 Å². The number of aryl methyl sites for hydroxylation is 1. The zero-order chi connectivity index (χ0) is 11.7. The summed E-state index contributed by atoms with van der Waals surface area (Å²) in [6, 6.07) is 7.21. The zero-order valence-corrected chi connectivity index (χ0v) is 9.97. The Morgan fingerprint density at radius 1 is 1.50 bits per heavy atom. The highest BCUT2D eigenvalue weighted by Crippen LogP contribution is 2.29. The Balaban J connectivity index is 2.49. The van der Waals surface area contributed by atoms with Crippen LogP contribution in [0.15, 0.2) is 24.3 Å². The van der Waals surface area contributed by atoms with Gasteiger partial charge in [-0.15, -0.1) is 11.3 Å². The van der Waals surface area contributed by atoms with Crippen molar-refractivity contribution in [2.24, 2.45) is 0 Å². The maximum Gasteiger partial charge on any atom is 0.347 e. The van der Waals surface area contributed by atoms with Gasteiger partial charge in [0.15, 0.2) is 0 Å². The number of nitrogens with zero attached hydrogens (tertiary/aromatic N) is 1. The standard InChI is InChI=1S/C11H8ClNO2S/c1-6-9(11(14)15)16-10(13-6)7-3-2-4-8(12)5-7/h2-5H,1H3,(H,14,15). The minimum absolute atomic E-state index is 0.273. The minimum atomic E-state index is -0.941. The Hall–Kier alpha value is -1.39. The maximum atomic E-state index is 10.9. The first-order valence-corrected chi connectivity index (χ1v) is 5.74. The number of hydrogen-bond donors (Lipinski definition) is 1. The van der Waals surface area contributed by atoms with E-state index in [0.717, 1.165) is 16.9 Å². The van der Waals surface area contributed by atoms with E-state index in [4.69, 9.17) is 16.7 Å². The Morgan fingerprint density at radius 3 is 2.81 bits per heavy atom. The van der Waals surface area contributed by atoms with Crippen LogP contribution in [0.1, 0.15) is 15.4 Å². The summed E-state index contributed by atoms with van der Waals surface area (Å²) >= 11 is 7.02. The van der Waals surface area contributed by atoms with Crippen LogP contribution >= 0.6 is 22.9 Å². The summed E-state index contributed by atoms with van der Waals surface area (Å²) < 4.78 is 0. The maximum absolute atomic E-state index is 10.9. The first-order chi connectivity index (χ1) is 7.58. The van der Waals surface area contributed by atoms with Gasteiger partial charge >= 0.3 is 5.97 Å². The predicted molar refractivity (Wildman–Crippen MR) is 64.3 cm³/mol. The van der Waals surface area contributed by atoms with E-state index in [9.17, 15) is 4.79 Å². The number of halogens is 1. The molecule has 0 aliphatic rings. The summed E-state index contributed by atoms with van der Waals surface area (Å²) in [5.41, 5.74) is 1.38. The first-order valence-electron chi connectivity index (χ1n) is 4.54. The van der Waals surface area contributed by atoms with Gasteiger partial charge in [-0.25, -0.2) is 9.78 Å². The molecular weight excluding hydrogens is 246 g/mol. The van der Waals surface area contributed by atoms with Gasteiger partial charge in [0.05, 0.1) is 5.69 Å².